The summed E-state index contributed by atoms with van der Waals surface area (Å²) in [4.78, 5) is 24.3. The zero-order valence-corrected chi connectivity index (χ0v) is 13.8. The van der Waals surface area contributed by atoms with Crippen LogP contribution in [0.5, 0.6) is 5.88 Å². The minimum atomic E-state index is -0.445. The van der Waals surface area contributed by atoms with Crippen LogP contribution in [-0.2, 0) is 11.8 Å². The largest absolute Gasteiger partial charge is 0.407 e. The summed E-state index contributed by atoms with van der Waals surface area (Å²) in [5, 5.41) is 4.80. The van der Waals surface area contributed by atoms with Gasteiger partial charge in [-0.05, 0) is 25.1 Å². The number of carbonyl (C=O) groups is 2. The number of esters is 1. The topological polar surface area (TPSA) is 61.2 Å². The molecule has 116 valence electrons. The number of nitrogens with zero attached hydrogens (tertiary/aromatic N) is 2. The fourth-order valence-electron chi connectivity index (χ4n) is 2.00. The first kappa shape index (κ1) is 16.5. The lowest BCUT2D eigenvalue weighted by molar-refractivity contribution is -0.134. The zero-order valence-electron chi connectivity index (χ0n) is 12.3. The summed E-state index contributed by atoms with van der Waals surface area (Å²) in [5.74, 6) is -0.703. The van der Waals surface area contributed by atoms with Gasteiger partial charge in [-0.25, -0.2) is 4.68 Å². The number of benzene rings is 1. The highest BCUT2D eigenvalue weighted by molar-refractivity contribution is 6.37. The van der Waals surface area contributed by atoms with E-state index < -0.39 is 5.97 Å². The van der Waals surface area contributed by atoms with E-state index in [0.717, 1.165) is 0 Å². The molecule has 0 saturated carbocycles. The van der Waals surface area contributed by atoms with Crippen molar-refractivity contribution in [3.8, 4) is 5.88 Å². The molecule has 0 aliphatic carbocycles. The molecule has 0 saturated heterocycles. The van der Waals surface area contributed by atoms with Gasteiger partial charge in [-0.15, -0.1) is 0 Å². The smallest absolute Gasteiger partial charge is 0.312 e. The van der Waals surface area contributed by atoms with E-state index in [0.29, 0.717) is 10.7 Å². The predicted molar refractivity (Wildman–Crippen MR) is 83.8 cm³/mol. The third-order valence-electron chi connectivity index (χ3n) is 3.07. The zero-order chi connectivity index (χ0) is 16.4. The van der Waals surface area contributed by atoms with Crippen LogP contribution >= 0.6 is 23.2 Å². The Bertz CT molecular complexity index is 753. The molecule has 0 radical (unpaired) electrons. The van der Waals surface area contributed by atoms with E-state index >= 15 is 0 Å². The van der Waals surface area contributed by atoms with Gasteiger partial charge >= 0.3 is 5.97 Å². The molecule has 1 heterocycles. The van der Waals surface area contributed by atoms with Crippen LogP contribution in [0.3, 0.4) is 0 Å². The quantitative estimate of drug-likeness (QED) is 0.630. The summed E-state index contributed by atoms with van der Waals surface area (Å²) in [6.07, 6.45) is 0.194. The SMILES string of the molecule is CCC(=O)Oc1c(C(=O)c2ccc(Cl)cc2Cl)c(C)nn1C. The van der Waals surface area contributed by atoms with E-state index in [4.69, 9.17) is 27.9 Å². The van der Waals surface area contributed by atoms with E-state index in [1.807, 2.05) is 0 Å². The molecule has 2 rings (SSSR count). The average Bonchev–Trinajstić information content (AvgIpc) is 2.72. The summed E-state index contributed by atoms with van der Waals surface area (Å²) >= 11 is 11.9. The van der Waals surface area contributed by atoms with Gasteiger partial charge in [0.15, 0.2) is 0 Å². The number of hydrogen-bond acceptors (Lipinski definition) is 4. The first-order valence-corrected chi connectivity index (χ1v) is 7.34. The Morgan fingerprint density at radius 1 is 1.32 bits per heavy atom. The lowest BCUT2D eigenvalue weighted by Gasteiger charge is -2.07. The minimum absolute atomic E-state index is 0.111. The maximum atomic E-state index is 12.7. The van der Waals surface area contributed by atoms with Crippen molar-refractivity contribution in [2.24, 2.45) is 7.05 Å². The Balaban J connectivity index is 2.51. The van der Waals surface area contributed by atoms with Gasteiger partial charge in [0, 0.05) is 24.1 Å². The van der Waals surface area contributed by atoms with Crippen LogP contribution in [-0.4, -0.2) is 21.5 Å². The van der Waals surface area contributed by atoms with E-state index in [2.05, 4.69) is 5.10 Å². The first-order chi connectivity index (χ1) is 10.3. The third-order valence-corrected chi connectivity index (χ3v) is 3.62. The number of aryl methyl sites for hydroxylation is 2. The number of ketones is 1. The van der Waals surface area contributed by atoms with Crippen molar-refractivity contribution >= 4 is 35.0 Å². The lowest BCUT2D eigenvalue weighted by atomic mass is 10.0. The summed E-state index contributed by atoms with van der Waals surface area (Å²) in [6.45, 7) is 3.34. The fourth-order valence-corrected chi connectivity index (χ4v) is 2.50. The van der Waals surface area contributed by atoms with Gasteiger partial charge in [0.25, 0.3) is 0 Å². The van der Waals surface area contributed by atoms with Crippen LogP contribution in [0.4, 0.5) is 0 Å². The van der Waals surface area contributed by atoms with Gasteiger partial charge in [0.1, 0.15) is 5.56 Å². The fraction of sp³-hybridized carbons (Fsp3) is 0.267. The molecule has 0 amide bonds. The molecular weight excluding hydrogens is 327 g/mol. The summed E-state index contributed by atoms with van der Waals surface area (Å²) in [5.41, 5.74) is 0.946. The standard InChI is InChI=1S/C15H14Cl2N2O3/c1-4-12(20)22-15-13(8(2)18-19(15)3)14(21)10-6-5-9(16)7-11(10)17/h5-7H,4H2,1-3H3. The Hall–Kier alpha value is -1.85. The van der Waals surface area contributed by atoms with Crippen LogP contribution < -0.4 is 4.74 Å². The molecule has 0 bridgehead atoms. The number of hydrogen-bond donors (Lipinski definition) is 0. The van der Waals surface area contributed by atoms with E-state index in [9.17, 15) is 9.59 Å². The highest BCUT2D eigenvalue weighted by atomic mass is 35.5. The molecule has 5 nitrogen and oxygen atoms in total. The Morgan fingerprint density at radius 3 is 2.59 bits per heavy atom. The molecule has 0 atom stereocenters. The van der Waals surface area contributed by atoms with Crippen LogP contribution in [0, 0.1) is 6.92 Å². The van der Waals surface area contributed by atoms with Crippen LogP contribution in [0.25, 0.3) is 0 Å². The second-order valence-electron chi connectivity index (χ2n) is 4.67. The molecule has 0 spiro atoms. The minimum Gasteiger partial charge on any atom is -0.407 e. The molecule has 0 aliphatic heterocycles. The highest BCUT2D eigenvalue weighted by Crippen LogP contribution is 2.29. The van der Waals surface area contributed by atoms with Crippen LogP contribution in [0.2, 0.25) is 10.0 Å². The van der Waals surface area contributed by atoms with Gasteiger partial charge < -0.3 is 4.74 Å². The Labute approximate surface area is 137 Å². The molecule has 2 aromatic rings. The van der Waals surface area contributed by atoms with Crippen molar-refractivity contribution in [2.45, 2.75) is 20.3 Å². The average molecular weight is 341 g/mol. The molecule has 7 heteroatoms. The normalized spacial score (nSPS) is 10.6. The number of aromatic nitrogens is 2. The number of ether oxygens (including phenoxy) is 1. The molecular formula is C15H14Cl2N2O3. The maximum Gasteiger partial charge on any atom is 0.312 e. The van der Waals surface area contributed by atoms with Crippen molar-refractivity contribution in [3.05, 3.63) is 45.1 Å². The summed E-state index contributed by atoms with van der Waals surface area (Å²) < 4.78 is 6.59. The van der Waals surface area contributed by atoms with Gasteiger partial charge in [0.05, 0.1) is 10.7 Å². The molecule has 1 aromatic heterocycles. The van der Waals surface area contributed by atoms with Gasteiger partial charge in [0.2, 0.25) is 11.7 Å². The van der Waals surface area contributed by atoms with E-state index in [1.54, 1.807) is 27.0 Å². The molecule has 0 unspecified atom stereocenters. The van der Waals surface area contributed by atoms with Crippen molar-refractivity contribution < 1.29 is 14.3 Å². The summed E-state index contributed by atoms with van der Waals surface area (Å²) in [6, 6.07) is 4.59. The lowest BCUT2D eigenvalue weighted by Crippen LogP contribution is -2.12. The number of halogens is 2. The molecule has 0 N–H and O–H groups in total. The van der Waals surface area contributed by atoms with Crippen molar-refractivity contribution in [2.75, 3.05) is 0 Å². The highest BCUT2D eigenvalue weighted by Gasteiger charge is 2.25. The van der Waals surface area contributed by atoms with Crippen molar-refractivity contribution in [1.82, 2.24) is 9.78 Å². The second-order valence-corrected chi connectivity index (χ2v) is 5.51. The second kappa shape index (κ2) is 6.50. The first-order valence-electron chi connectivity index (χ1n) is 6.59. The maximum absolute atomic E-state index is 12.7. The monoisotopic (exact) mass is 340 g/mol. The predicted octanol–water partition coefficient (Wildman–Crippen LogP) is 3.58. The molecule has 0 fully saturated rings. The molecule has 22 heavy (non-hydrogen) atoms. The van der Waals surface area contributed by atoms with E-state index in [-0.39, 0.29) is 34.2 Å². The van der Waals surface area contributed by atoms with Gasteiger partial charge in [-0.3, -0.25) is 9.59 Å². The van der Waals surface area contributed by atoms with Gasteiger partial charge in [-0.2, -0.15) is 5.10 Å². The van der Waals surface area contributed by atoms with Crippen LogP contribution in [0.15, 0.2) is 18.2 Å². The Kier molecular flexibility index (Phi) is 4.88. The van der Waals surface area contributed by atoms with Crippen LogP contribution in [0.1, 0.15) is 35.0 Å². The van der Waals surface area contributed by atoms with Gasteiger partial charge in [-0.1, -0.05) is 30.1 Å². The number of carbonyl (C=O) groups excluding carboxylic acids is 2. The molecule has 1 aromatic carbocycles. The third kappa shape index (κ3) is 3.15. The van der Waals surface area contributed by atoms with Crippen molar-refractivity contribution in [1.29, 1.82) is 0 Å². The summed E-state index contributed by atoms with van der Waals surface area (Å²) in [7, 11) is 1.60. The molecule has 0 aliphatic rings. The van der Waals surface area contributed by atoms with Crippen molar-refractivity contribution in [3.63, 3.8) is 0 Å². The van der Waals surface area contributed by atoms with E-state index in [1.165, 1.54) is 16.8 Å². The Morgan fingerprint density at radius 2 is 2.00 bits per heavy atom. The number of rotatable bonds is 4.